The number of nitrogens with one attached hydrogen (secondary N) is 2. The summed E-state index contributed by atoms with van der Waals surface area (Å²) in [5, 5.41) is 7.15. The second kappa shape index (κ2) is 14.3. The molecule has 0 radical (unpaired) electrons. The number of carbonyl (C=O) groups excluding carboxylic acids is 3. The zero-order chi connectivity index (χ0) is 28.3. The van der Waals surface area contributed by atoms with Gasteiger partial charge in [0.2, 0.25) is 0 Å². The highest BCUT2D eigenvalue weighted by molar-refractivity contribution is 5.98. The van der Waals surface area contributed by atoms with Gasteiger partial charge in [-0.1, -0.05) is 48.5 Å². The number of benzene rings is 2. The van der Waals surface area contributed by atoms with Gasteiger partial charge in [0.05, 0.1) is 12.2 Å². The van der Waals surface area contributed by atoms with Crippen molar-refractivity contribution in [3.63, 3.8) is 0 Å². The molecular weight excluding hydrogens is 508 g/mol. The maximum absolute atomic E-state index is 12.6. The van der Waals surface area contributed by atoms with E-state index in [0.29, 0.717) is 18.7 Å². The molecule has 0 atom stereocenters. The predicted molar refractivity (Wildman–Crippen MR) is 154 cm³/mol. The van der Waals surface area contributed by atoms with Gasteiger partial charge in [0, 0.05) is 50.0 Å². The first kappa shape index (κ1) is 28.9. The SMILES string of the molecule is CCN(N)C(=O)c1ccc(C(=O)CNCCN2CCC(OC(=O)Nc3ccccc3-c3ccccc3)CC2)cn1. The molecule has 4 rings (SSSR count). The molecule has 40 heavy (non-hydrogen) atoms. The summed E-state index contributed by atoms with van der Waals surface area (Å²) in [6.07, 6.45) is 2.33. The molecule has 1 aliphatic rings. The Bertz CT molecular complexity index is 1280. The average Bonchev–Trinajstić information content (AvgIpc) is 3.00. The van der Waals surface area contributed by atoms with Gasteiger partial charge >= 0.3 is 6.09 Å². The van der Waals surface area contributed by atoms with Crippen LogP contribution in [0.25, 0.3) is 11.1 Å². The molecule has 0 unspecified atom stereocenters. The van der Waals surface area contributed by atoms with E-state index in [4.69, 9.17) is 10.6 Å². The van der Waals surface area contributed by atoms with Gasteiger partial charge in [-0.05, 0) is 43.5 Å². The van der Waals surface area contributed by atoms with Crippen LogP contribution in [0.2, 0.25) is 0 Å². The van der Waals surface area contributed by atoms with Crippen LogP contribution in [0, 0.1) is 0 Å². The Morgan fingerprint density at radius 1 is 1.02 bits per heavy atom. The standard InChI is InChI=1S/C30H36N6O4/c1-2-36(31)29(38)27-13-12-23(20-33-27)28(37)21-32-16-19-35-17-14-24(15-18-35)40-30(39)34-26-11-7-6-10-25(26)22-8-4-3-5-9-22/h3-13,20,24,32H,2,14-19,21,31H2,1H3,(H,34,39). The van der Waals surface area contributed by atoms with Crippen molar-refractivity contribution in [3.8, 4) is 11.1 Å². The number of hydrogen-bond donors (Lipinski definition) is 3. The molecule has 1 aliphatic heterocycles. The van der Waals surface area contributed by atoms with Gasteiger partial charge in [0.15, 0.2) is 5.78 Å². The van der Waals surface area contributed by atoms with Crippen molar-refractivity contribution in [2.24, 2.45) is 5.84 Å². The van der Waals surface area contributed by atoms with Crippen LogP contribution in [0.1, 0.15) is 40.6 Å². The fourth-order valence-corrected chi connectivity index (χ4v) is 4.52. The fraction of sp³-hybridized carbons (Fsp3) is 0.333. The van der Waals surface area contributed by atoms with Crippen molar-refractivity contribution in [2.45, 2.75) is 25.9 Å². The number of ether oxygens (including phenoxy) is 1. The van der Waals surface area contributed by atoms with Crippen molar-refractivity contribution >= 4 is 23.5 Å². The van der Waals surface area contributed by atoms with Gasteiger partial charge in [0.1, 0.15) is 11.8 Å². The van der Waals surface area contributed by atoms with Crippen LogP contribution in [-0.2, 0) is 4.74 Å². The third-order valence-corrected chi connectivity index (χ3v) is 6.85. The number of hydrazine groups is 1. The van der Waals surface area contributed by atoms with E-state index >= 15 is 0 Å². The van der Waals surface area contributed by atoms with Gasteiger partial charge in [-0.3, -0.25) is 24.9 Å². The van der Waals surface area contributed by atoms with Crippen LogP contribution in [0.4, 0.5) is 10.5 Å². The number of likely N-dealkylation sites (tertiary alicyclic amines) is 1. The van der Waals surface area contributed by atoms with E-state index in [1.165, 1.54) is 12.3 Å². The van der Waals surface area contributed by atoms with E-state index in [-0.39, 0.29) is 30.0 Å². The zero-order valence-corrected chi connectivity index (χ0v) is 22.7. The number of pyridine rings is 1. The number of nitrogens with two attached hydrogens (primary N) is 1. The quantitative estimate of drug-likeness (QED) is 0.110. The monoisotopic (exact) mass is 544 g/mol. The molecule has 4 N–H and O–H groups in total. The number of rotatable bonds is 11. The molecule has 10 heteroatoms. The van der Waals surface area contributed by atoms with E-state index in [2.05, 4.69) is 20.5 Å². The van der Waals surface area contributed by atoms with Crippen molar-refractivity contribution in [3.05, 3.63) is 84.2 Å². The van der Waals surface area contributed by atoms with Crippen LogP contribution in [-0.4, -0.2) is 78.0 Å². The minimum atomic E-state index is -0.445. The lowest BCUT2D eigenvalue weighted by Crippen LogP contribution is -2.42. The number of ketones is 1. The third kappa shape index (κ3) is 7.95. The summed E-state index contributed by atoms with van der Waals surface area (Å²) in [6, 6.07) is 20.7. The molecule has 1 saturated heterocycles. The Kier molecular flexibility index (Phi) is 10.3. The van der Waals surface area contributed by atoms with Gasteiger partial charge in [-0.25, -0.2) is 10.6 Å². The second-order valence-corrected chi connectivity index (χ2v) is 9.61. The number of Topliss-reactive ketones (excluding diaryl/α,β-unsaturated/α-hetero) is 1. The lowest BCUT2D eigenvalue weighted by molar-refractivity contribution is 0.0593. The van der Waals surface area contributed by atoms with E-state index in [9.17, 15) is 14.4 Å². The number of nitrogens with zero attached hydrogens (tertiary/aromatic N) is 3. The number of para-hydroxylation sites is 1. The van der Waals surface area contributed by atoms with Crippen LogP contribution < -0.4 is 16.5 Å². The van der Waals surface area contributed by atoms with Crippen molar-refractivity contribution in [2.75, 3.05) is 44.6 Å². The van der Waals surface area contributed by atoms with Gasteiger partial charge in [-0.15, -0.1) is 0 Å². The van der Waals surface area contributed by atoms with Gasteiger partial charge in [0.25, 0.3) is 5.91 Å². The lowest BCUT2D eigenvalue weighted by atomic mass is 10.0. The number of anilines is 1. The lowest BCUT2D eigenvalue weighted by Gasteiger charge is -2.31. The van der Waals surface area contributed by atoms with Gasteiger partial charge < -0.3 is 15.0 Å². The van der Waals surface area contributed by atoms with Crippen LogP contribution >= 0.6 is 0 Å². The Morgan fingerprint density at radius 3 is 2.45 bits per heavy atom. The highest BCUT2D eigenvalue weighted by Gasteiger charge is 2.22. The van der Waals surface area contributed by atoms with Crippen LogP contribution in [0.15, 0.2) is 72.9 Å². The molecule has 2 heterocycles. The number of piperidine rings is 1. The van der Waals surface area contributed by atoms with Crippen molar-refractivity contribution in [1.82, 2.24) is 20.2 Å². The minimum absolute atomic E-state index is 0.0986. The Labute approximate surface area is 234 Å². The molecule has 0 bridgehead atoms. The maximum atomic E-state index is 12.6. The molecule has 0 aliphatic carbocycles. The molecule has 2 aromatic carbocycles. The molecular formula is C30H36N6O4. The molecule has 0 saturated carbocycles. The summed E-state index contributed by atoms with van der Waals surface area (Å²) in [7, 11) is 0. The first-order valence-corrected chi connectivity index (χ1v) is 13.6. The summed E-state index contributed by atoms with van der Waals surface area (Å²) < 4.78 is 5.71. The van der Waals surface area contributed by atoms with E-state index in [1.54, 1.807) is 13.0 Å². The number of carbonyl (C=O) groups is 3. The highest BCUT2D eigenvalue weighted by atomic mass is 16.6. The van der Waals surface area contributed by atoms with Crippen LogP contribution in [0.5, 0.6) is 0 Å². The number of hydrogen-bond acceptors (Lipinski definition) is 8. The van der Waals surface area contributed by atoms with Crippen molar-refractivity contribution < 1.29 is 19.1 Å². The summed E-state index contributed by atoms with van der Waals surface area (Å²) >= 11 is 0. The molecule has 0 spiro atoms. The van der Waals surface area contributed by atoms with E-state index < -0.39 is 6.09 Å². The minimum Gasteiger partial charge on any atom is -0.446 e. The maximum Gasteiger partial charge on any atom is 0.411 e. The molecule has 10 nitrogen and oxygen atoms in total. The summed E-state index contributed by atoms with van der Waals surface area (Å²) in [5.74, 6) is 5.12. The summed E-state index contributed by atoms with van der Waals surface area (Å²) in [6.45, 7) is 5.37. The average molecular weight is 545 g/mol. The Balaban J connectivity index is 1.14. The predicted octanol–water partition coefficient (Wildman–Crippen LogP) is 3.57. The topological polar surface area (TPSA) is 130 Å². The smallest absolute Gasteiger partial charge is 0.411 e. The zero-order valence-electron chi connectivity index (χ0n) is 22.7. The Morgan fingerprint density at radius 2 is 1.75 bits per heavy atom. The first-order chi connectivity index (χ1) is 19.4. The van der Waals surface area contributed by atoms with Crippen LogP contribution in [0.3, 0.4) is 0 Å². The summed E-state index contributed by atoms with van der Waals surface area (Å²) in [5.41, 5.74) is 3.33. The number of aromatic nitrogens is 1. The van der Waals surface area contributed by atoms with E-state index in [1.807, 2.05) is 54.6 Å². The van der Waals surface area contributed by atoms with E-state index in [0.717, 1.165) is 54.3 Å². The highest BCUT2D eigenvalue weighted by Crippen LogP contribution is 2.28. The number of amides is 2. The molecule has 1 fully saturated rings. The molecule has 3 aromatic rings. The third-order valence-electron chi connectivity index (χ3n) is 6.85. The fourth-order valence-electron chi connectivity index (χ4n) is 4.52. The molecule has 2 amide bonds. The van der Waals surface area contributed by atoms with Gasteiger partial charge in [-0.2, -0.15) is 0 Å². The largest absolute Gasteiger partial charge is 0.446 e. The second-order valence-electron chi connectivity index (χ2n) is 9.61. The molecule has 1 aromatic heterocycles. The summed E-state index contributed by atoms with van der Waals surface area (Å²) in [4.78, 5) is 43.5. The normalized spacial score (nSPS) is 13.9. The first-order valence-electron chi connectivity index (χ1n) is 13.6. The molecule has 210 valence electrons. The Hall–Kier alpha value is -4.12. The van der Waals surface area contributed by atoms with Crippen molar-refractivity contribution in [1.29, 1.82) is 0 Å².